The zero-order chi connectivity index (χ0) is 20.9. The zero-order valence-corrected chi connectivity index (χ0v) is 16.9. The first-order valence-electron chi connectivity index (χ1n) is 9.71. The first kappa shape index (κ1) is 20.1. The third-order valence-electron chi connectivity index (χ3n) is 5.08. The Balaban J connectivity index is 1.78. The van der Waals surface area contributed by atoms with Gasteiger partial charge >= 0.3 is 0 Å². The SMILES string of the molecule is O=C(NC1CCCC1)[C@@H](c1ccccn1)N(C(=O)c1csnn1)c1ccc(F)cc1. The van der Waals surface area contributed by atoms with E-state index in [1.165, 1.54) is 34.5 Å². The Bertz CT molecular complexity index is 992. The van der Waals surface area contributed by atoms with E-state index in [-0.39, 0.29) is 17.6 Å². The van der Waals surface area contributed by atoms with Crippen molar-refractivity contribution in [2.24, 2.45) is 0 Å². The van der Waals surface area contributed by atoms with E-state index in [1.807, 2.05) is 0 Å². The van der Waals surface area contributed by atoms with Crippen LogP contribution >= 0.6 is 11.5 Å². The normalized spacial score (nSPS) is 15.0. The van der Waals surface area contributed by atoms with Crippen molar-refractivity contribution in [2.75, 3.05) is 4.90 Å². The van der Waals surface area contributed by atoms with Gasteiger partial charge in [0.1, 0.15) is 5.82 Å². The van der Waals surface area contributed by atoms with Crippen molar-refractivity contribution in [1.29, 1.82) is 0 Å². The van der Waals surface area contributed by atoms with E-state index in [4.69, 9.17) is 0 Å². The lowest BCUT2D eigenvalue weighted by Gasteiger charge is -2.31. The van der Waals surface area contributed by atoms with Gasteiger partial charge in [-0.25, -0.2) is 4.39 Å². The summed E-state index contributed by atoms with van der Waals surface area (Å²) in [5.41, 5.74) is 0.888. The number of pyridine rings is 1. The number of rotatable bonds is 6. The summed E-state index contributed by atoms with van der Waals surface area (Å²) >= 11 is 1.04. The van der Waals surface area contributed by atoms with Crippen LogP contribution in [-0.2, 0) is 4.79 Å². The predicted molar refractivity (Wildman–Crippen MR) is 110 cm³/mol. The third kappa shape index (κ3) is 4.35. The molecule has 0 bridgehead atoms. The Morgan fingerprint density at radius 2 is 1.90 bits per heavy atom. The molecule has 1 aliphatic rings. The fourth-order valence-corrected chi connectivity index (χ4v) is 4.07. The number of amides is 2. The molecule has 1 atom stereocenters. The monoisotopic (exact) mass is 425 g/mol. The van der Waals surface area contributed by atoms with Gasteiger partial charge in [0.25, 0.3) is 5.91 Å². The molecule has 2 amide bonds. The maximum absolute atomic E-state index is 13.6. The summed E-state index contributed by atoms with van der Waals surface area (Å²) in [5, 5.41) is 8.45. The van der Waals surface area contributed by atoms with Crippen LogP contribution in [0.25, 0.3) is 0 Å². The largest absolute Gasteiger partial charge is 0.351 e. The summed E-state index contributed by atoms with van der Waals surface area (Å²) in [6.07, 6.45) is 5.50. The molecule has 9 heteroatoms. The van der Waals surface area contributed by atoms with E-state index < -0.39 is 17.8 Å². The van der Waals surface area contributed by atoms with Gasteiger partial charge in [-0.05, 0) is 60.8 Å². The van der Waals surface area contributed by atoms with Crippen LogP contribution in [0.1, 0.15) is 47.9 Å². The minimum absolute atomic E-state index is 0.0646. The standard InChI is InChI=1S/C21H20FN5O2S/c22-14-8-10-16(11-9-14)27(21(29)18-13-30-26-25-18)19(17-7-3-4-12-23-17)20(28)24-15-5-1-2-6-15/h3-4,7-13,15,19H,1-2,5-6H2,(H,24,28)/t19-/m1/s1. The number of nitrogens with zero attached hydrogens (tertiary/aromatic N) is 4. The van der Waals surface area contributed by atoms with Crippen molar-refractivity contribution in [3.63, 3.8) is 0 Å². The van der Waals surface area contributed by atoms with E-state index in [2.05, 4.69) is 19.9 Å². The lowest BCUT2D eigenvalue weighted by atomic mass is 10.1. The fourth-order valence-electron chi connectivity index (χ4n) is 3.64. The maximum atomic E-state index is 13.6. The number of benzene rings is 1. The molecule has 1 aliphatic carbocycles. The molecule has 1 N–H and O–H groups in total. The Hall–Kier alpha value is -3.20. The van der Waals surface area contributed by atoms with Crippen LogP contribution in [0.2, 0.25) is 0 Å². The number of carbonyl (C=O) groups is 2. The molecule has 0 unspecified atom stereocenters. The van der Waals surface area contributed by atoms with Crippen molar-refractivity contribution in [3.8, 4) is 0 Å². The topological polar surface area (TPSA) is 88.1 Å². The van der Waals surface area contributed by atoms with Crippen molar-refractivity contribution in [3.05, 3.63) is 71.2 Å². The average molecular weight is 425 g/mol. The van der Waals surface area contributed by atoms with Crippen LogP contribution < -0.4 is 10.2 Å². The van der Waals surface area contributed by atoms with Crippen LogP contribution in [0.5, 0.6) is 0 Å². The van der Waals surface area contributed by atoms with Crippen molar-refractivity contribution >= 4 is 29.0 Å². The number of anilines is 1. The Morgan fingerprint density at radius 1 is 1.13 bits per heavy atom. The van der Waals surface area contributed by atoms with Crippen LogP contribution in [0.4, 0.5) is 10.1 Å². The van der Waals surface area contributed by atoms with E-state index in [0.29, 0.717) is 11.4 Å². The van der Waals surface area contributed by atoms with Crippen LogP contribution in [0, 0.1) is 5.82 Å². The zero-order valence-electron chi connectivity index (χ0n) is 16.1. The first-order chi connectivity index (χ1) is 14.6. The van der Waals surface area contributed by atoms with Crippen LogP contribution in [0.3, 0.4) is 0 Å². The molecule has 0 spiro atoms. The molecule has 1 aromatic carbocycles. The molecule has 154 valence electrons. The number of carbonyl (C=O) groups excluding carboxylic acids is 2. The van der Waals surface area contributed by atoms with Gasteiger partial charge in [-0.15, -0.1) is 5.10 Å². The molecule has 4 rings (SSSR count). The van der Waals surface area contributed by atoms with Crippen LogP contribution in [0.15, 0.2) is 54.0 Å². The Kier molecular flexibility index (Phi) is 6.08. The molecular formula is C21H20FN5O2S. The second-order valence-electron chi connectivity index (χ2n) is 7.09. The summed E-state index contributed by atoms with van der Waals surface area (Å²) in [6, 6.07) is 9.65. The van der Waals surface area contributed by atoms with Gasteiger partial charge in [0.2, 0.25) is 5.91 Å². The van der Waals surface area contributed by atoms with Crippen molar-refractivity contribution in [2.45, 2.75) is 37.8 Å². The highest BCUT2D eigenvalue weighted by Gasteiger charge is 2.36. The number of halogens is 1. The number of nitrogens with one attached hydrogen (secondary N) is 1. The van der Waals surface area contributed by atoms with Crippen LogP contribution in [-0.4, -0.2) is 32.4 Å². The van der Waals surface area contributed by atoms with Gasteiger partial charge in [-0.3, -0.25) is 19.5 Å². The van der Waals surface area contributed by atoms with Gasteiger partial charge in [0.15, 0.2) is 11.7 Å². The minimum Gasteiger partial charge on any atom is -0.351 e. The summed E-state index contributed by atoms with van der Waals surface area (Å²) in [6.45, 7) is 0. The van der Waals surface area contributed by atoms with Gasteiger partial charge in [0, 0.05) is 23.3 Å². The summed E-state index contributed by atoms with van der Waals surface area (Å²) < 4.78 is 17.3. The van der Waals surface area contributed by atoms with Gasteiger partial charge in [-0.1, -0.05) is 23.4 Å². The van der Waals surface area contributed by atoms with Gasteiger partial charge < -0.3 is 5.32 Å². The molecule has 2 aromatic heterocycles. The smallest absolute Gasteiger partial charge is 0.280 e. The molecule has 1 saturated carbocycles. The second kappa shape index (κ2) is 9.08. The highest BCUT2D eigenvalue weighted by Crippen LogP contribution is 2.30. The average Bonchev–Trinajstić information content (AvgIpc) is 3.47. The summed E-state index contributed by atoms with van der Waals surface area (Å²) in [7, 11) is 0. The molecule has 30 heavy (non-hydrogen) atoms. The quantitative estimate of drug-likeness (QED) is 0.653. The fraction of sp³-hybridized carbons (Fsp3) is 0.286. The lowest BCUT2D eigenvalue weighted by Crippen LogP contribution is -2.46. The predicted octanol–water partition coefficient (Wildman–Crippen LogP) is 3.52. The van der Waals surface area contributed by atoms with E-state index in [1.54, 1.807) is 24.4 Å². The second-order valence-corrected chi connectivity index (χ2v) is 7.70. The number of hydrogen-bond acceptors (Lipinski definition) is 6. The molecule has 3 aromatic rings. The lowest BCUT2D eigenvalue weighted by molar-refractivity contribution is -0.123. The summed E-state index contributed by atoms with van der Waals surface area (Å²) in [5.74, 6) is -1.28. The molecule has 1 fully saturated rings. The molecule has 0 radical (unpaired) electrons. The minimum atomic E-state index is -1.04. The number of aromatic nitrogens is 3. The molecular weight excluding hydrogens is 405 g/mol. The van der Waals surface area contributed by atoms with Crippen molar-refractivity contribution in [1.82, 2.24) is 19.9 Å². The number of hydrogen-bond donors (Lipinski definition) is 1. The third-order valence-corrected chi connectivity index (χ3v) is 5.58. The molecule has 0 saturated heterocycles. The van der Waals surface area contributed by atoms with Gasteiger partial charge in [0.05, 0.1) is 5.69 Å². The Labute approximate surface area is 177 Å². The van der Waals surface area contributed by atoms with E-state index in [9.17, 15) is 14.0 Å². The molecule has 2 heterocycles. The molecule has 0 aliphatic heterocycles. The maximum Gasteiger partial charge on any atom is 0.280 e. The molecule has 7 nitrogen and oxygen atoms in total. The summed E-state index contributed by atoms with van der Waals surface area (Å²) in [4.78, 5) is 32.4. The van der Waals surface area contributed by atoms with E-state index >= 15 is 0 Å². The Morgan fingerprint density at radius 3 is 2.53 bits per heavy atom. The first-order valence-corrected chi connectivity index (χ1v) is 10.5. The van der Waals surface area contributed by atoms with Gasteiger partial charge in [-0.2, -0.15) is 0 Å². The van der Waals surface area contributed by atoms with Crippen molar-refractivity contribution < 1.29 is 14.0 Å². The van der Waals surface area contributed by atoms with E-state index in [0.717, 1.165) is 37.2 Å². The highest BCUT2D eigenvalue weighted by molar-refractivity contribution is 7.03. The highest BCUT2D eigenvalue weighted by atomic mass is 32.1.